The lowest BCUT2D eigenvalue weighted by Gasteiger charge is -2.34. The summed E-state index contributed by atoms with van der Waals surface area (Å²) in [6.45, 7) is 24.8. The van der Waals surface area contributed by atoms with Gasteiger partial charge in [-0.2, -0.15) is 0 Å². The molecule has 2 saturated heterocycles. The van der Waals surface area contributed by atoms with Crippen LogP contribution in [0.5, 0.6) is 5.75 Å². The first kappa shape index (κ1) is 72.3. The van der Waals surface area contributed by atoms with Crippen molar-refractivity contribution in [3.8, 4) is 5.75 Å². The number of nitrogens with one attached hydrogen (secondary N) is 5. The van der Waals surface area contributed by atoms with Crippen LogP contribution in [0.3, 0.4) is 0 Å². The molecule has 2 heterocycles. The SMILES string of the molecule is CC(C)NC(=O)OC[C@@H](N)C(C)C.COC(=O)[C@@H]1[C@@H]2[C@H](CN1C(=O)[C@@H](NC(=O)N[C@H](COC(=O)NC(C)C)C(C)C)C1Cc3ccccc3C1)C2(C)C.COC(=O)[C@@H]1[C@@H]2[C@H](CN1C(=O)[C@@H](NC(=O)Oc1ccc([N+](=O)[O-])cc1)C1Cc3ccccc3C1)C2(C)C.Cl. The molecule has 91 heavy (non-hydrogen) atoms. The van der Waals surface area contributed by atoms with Crippen molar-refractivity contribution in [1.82, 2.24) is 36.4 Å². The van der Waals surface area contributed by atoms with E-state index in [-0.39, 0.29) is 119 Å². The minimum absolute atomic E-state index is 0. The number of fused-ring (bicyclic) bond motifs is 4. The van der Waals surface area contributed by atoms with Crippen molar-refractivity contribution >= 4 is 66.2 Å². The number of halogens is 1. The Bertz CT molecular complexity index is 3060. The third-order valence-electron chi connectivity index (χ3n) is 18.9. The Kier molecular flexibility index (Phi) is 24.3. The lowest BCUT2D eigenvalue weighted by atomic mass is 9.93. The number of ether oxygens (including phenoxy) is 5. The Morgan fingerprint density at radius 1 is 0.571 bits per heavy atom. The summed E-state index contributed by atoms with van der Waals surface area (Å²) in [6.07, 6.45) is 0.693. The second-order valence-electron chi connectivity index (χ2n) is 27.1. The Hall–Kier alpha value is -7.73. The maximum Gasteiger partial charge on any atom is 0.413 e. The largest absolute Gasteiger partial charge is 0.467 e. The van der Waals surface area contributed by atoms with Gasteiger partial charge in [-0.25, -0.2) is 28.8 Å². The van der Waals surface area contributed by atoms with E-state index in [2.05, 4.69) is 66.4 Å². The number of carbonyl (C=O) groups excluding carboxylic acids is 8. The number of nitrogens with two attached hydrogens (primary N) is 1. The summed E-state index contributed by atoms with van der Waals surface area (Å²) in [7, 11) is 2.67. The molecule has 10 atom stereocenters. The third-order valence-corrected chi connectivity index (χ3v) is 18.9. The van der Waals surface area contributed by atoms with Crippen molar-refractivity contribution in [1.29, 1.82) is 0 Å². The lowest BCUT2D eigenvalue weighted by molar-refractivity contribution is -0.384. The Morgan fingerprint density at radius 2 is 0.967 bits per heavy atom. The maximum absolute atomic E-state index is 14.2. The van der Waals surface area contributed by atoms with E-state index < -0.39 is 71.4 Å². The molecule has 3 aromatic rings. The molecule has 25 heteroatoms. The molecule has 0 spiro atoms. The third kappa shape index (κ3) is 17.5. The van der Waals surface area contributed by atoms with Crippen LogP contribution in [0.25, 0.3) is 0 Å². The summed E-state index contributed by atoms with van der Waals surface area (Å²) in [5.41, 5.74) is 10.0. The molecule has 0 unspecified atom stereocenters. The molecule has 2 aliphatic heterocycles. The second kappa shape index (κ2) is 30.6. The number of benzene rings is 3. The van der Waals surface area contributed by atoms with Gasteiger partial charge < -0.3 is 65.8 Å². The fraction of sp³-hybridized carbons (Fsp3) is 0.606. The highest BCUT2D eigenvalue weighted by molar-refractivity contribution is 5.93. The highest BCUT2D eigenvalue weighted by Crippen LogP contribution is 2.66. The average molecular weight is 1290 g/mol. The number of esters is 2. The number of non-ortho nitro benzene ring substituents is 1. The summed E-state index contributed by atoms with van der Waals surface area (Å²) in [5.74, 6) is -0.986. The van der Waals surface area contributed by atoms with Crippen LogP contribution in [-0.4, -0.2) is 152 Å². The Labute approximate surface area is 539 Å². The Morgan fingerprint density at radius 3 is 1.33 bits per heavy atom. The van der Waals surface area contributed by atoms with Crippen LogP contribution in [0.1, 0.15) is 105 Å². The first-order valence-electron chi connectivity index (χ1n) is 31.2. The number of urea groups is 1. The van der Waals surface area contributed by atoms with Crippen LogP contribution < -0.4 is 37.1 Å². The summed E-state index contributed by atoms with van der Waals surface area (Å²) in [5, 5.41) is 24.8. The van der Waals surface area contributed by atoms with Gasteiger partial charge in [0.05, 0.1) is 25.2 Å². The molecule has 0 aromatic heterocycles. The first-order chi connectivity index (χ1) is 42.4. The van der Waals surface area contributed by atoms with E-state index in [1.54, 1.807) is 9.80 Å². The number of hydrogen-bond acceptors (Lipinski definition) is 16. The van der Waals surface area contributed by atoms with Crippen LogP contribution >= 0.6 is 12.4 Å². The van der Waals surface area contributed by atoms with Gasteiger partial charge in [-0.1, -0.05) is 104 Å². The molecule has 2 saturated carbocycles. The molecule has 0 radical (unpaired) electrons. The van der Waals surface area contributed by atoms with Gasteiger partial charge in [-0.3, -0.25) is 19.7 Å². The quantitative estimate of drug-likeness (QED) is 0.0292. The predicted molar refractivity (Wildman–Crippen MR) is 341 cm³/mol. The van der Waals surface area contributed by atoms with E-state index in [4.69, 9.17) is 29.4 Å². The number of alkyl carbamates (subject to hydrolysis) is 2. The second-order valence-corrected chi connectivity index (χ2v) is 27.1. The molecular weight excluding hydrogens is 1190 g/mol. The van der Waals surface area contributed by atoms with Crippen molar-refractivity contribution in [3.63, 3.8) is 0 Å². The van der Waals surface area contributed by atoms with Gasteiger partial charge >= 0.3 is 36.2 Å². The topological polar surface area (TPSA) is 318 Å². The lowest BCUT2D eigenvalue weighted by Crippen LogP contribution is -2.59. The Balaban J connectivity index is 0.000000241. The molecular formula is C66H94ClN9O15. The molecule has 24 nitrogen and oxygen atoms in total. The van der Waals surface area contributed by atoms with Crippen LogP contribution in [0.4, 0.5) is 24.9 Å². The van der Waals surface area contributed by atoms with Gasteiger partial charge in [0.15, 0.2) is 0 Å². The van der Waals surface area contributed by atoms with Gasteiger partial charge in [-0.05, 0) is 134 Å². The van der Waals surface area contributed by atoms with Crippen molar-refractivity contribution in [2.24, 2.45) is 63.9 Å². The molecule has 9 rings (SSSR count). The molecule has 500 valence electrons. The predicted octanol–water partition coefficient (Wildman–Crippen LogP) is 7.53. The zero-order valence-corrected chi connectivity index (χ0v) is 55.6. The van der Waals surface area contributed by atoms with Crippen LogP contribution in [0.2, 0.25) is 0 Å². The van der Waals surface area contributed by atoms with E-state index in [0.717, 1.165) is 22.3 Å². The molecule has 3 aromatic carbocycles. The minimum Gasteiger partial charge on any atom is -0.467 e. The number of rotatable bonds is 19. The average Bonchev–Trinajstić information content (AvgIpc) is 1.54. The summed E-state index contributed by atoms with van der Waals surface area (Å²) < 4.78 is 25.7. The number of nitro benzene ring substituents is 1. The van der Waals surface area contributed by atoms with Crippen molar-refractivity contribution in [2.75, 3.05) is 40.5 Å². The molecule has 7 amide bonds. The molecule has 0 bridgehead atoms. The monoisotopic (exact) mass is 1290 g/mol. The number of hydrogen-bond donors (Lipinski definition) is 6. The normalized spacial score (nSPS) is 22.2. The highest BCUT2D eigenvalue weighted by atomic mass is 35.5. The number of carbonyl (C=O) groups is 8. The highest BCUT2D eigenvalue weighted by Gasteiger charge is 2.71. The fourth-order valence-corrected chi connectivity index (χ4v) is 13.3. The van der Waals surface area contributed by atoms with Crippen molar-refractivity contribution in [2.45, 2.75) is 157 Å². The van der Waals surface area contributed by atoms with Crippen molar-refractivity contribution in [3.05, 3.63) is 105 Å². The standard InChI is InChI=1S/C30H44N4O6.C27H29N3O7.C9H20N2O2.ClH/c1-16(2)22(15-40-29(38)31-17(3)4)32-28(37)33-24(20-12-18-10-8-9-11-19(18)13-20)26(35)34-14-21-23(30(21,5)6)25(34)27(36)39-7;1-27(2)20-14-29(23(21(20)27)25(32)36-3)24(31)22(17-12-15-6-4-5-7-16(15)13-17)28-26(33)37-19-10-8-18(9-11-19)30(34)35;1-6(2)8(10)5-13-9(12)11-7(3)4;/h8-11,16-17,20-25H,12-15H2,1-7H3,(H,31,38)(H2,32,33,37);4-11,17,20-23H,12-14H2,1-3H3,(H,28,33);6-8H,5,10H2,1-4H3,(H,11,12);1H/t21-,22+,23-,24-,25-;20-,21-,22-,23-;8-;/m001./s1. The maximum atomic E-state index is 14.2. The number of methoxy groups -OCH3 is 2. The zero-order chi connectivity index (χ0) is 66.3. The molecule has 4 aliphatic carbocycles. The van der Waals surface area contributed by atoms with E-state index in [0.29, 0.717) is 44.7 Å². The van der Waals surface area contributed by atoms with Gasteiger partial charge in [0.1, 0.15) is 43.1 Å². The smallest absolute Gasteiger partial charge is 0.413 e. The van der Waals surface area contributed by atoms with E-state index in [9.17, 15) is 48.5 Å². The van der Waals surface area contributed by atoms with Gasteiger partial charge in [-0.15, -0.1) is 12.4 Å². The molecule has 7 N–H and O–H groups in total. The van der Waals surface area contributed by atoms with Crippen LogP contribution in [0, 0.1) is 68.3 Å². The fourth-order valence-electron chi connectivity index (χ4n) is 13.3. The van der Waals surface area contributed by atoms with E-state index >= 15 is 0 Å². The summed E-state index contributed by atoms with van der Waals surface area (Å²) >= 11 is 0. The van der Waals surface area contributed by atoms with Crippen molar-refractivity contribution < 1.29 is 67.0 Å². The van der Waals surface area contributed by atoms with Gasteiger partial charge in [0, 0.05) is 55.2 Å². The number of amides is 7. The first-order valence-corrected chi connectivity index (χ1v) is 31.2. The van der Waals surface area contributed by atoms with Gasteiger partial charge in [0.2, 0.25) is 11.8 Å². The van der Waals surface area contributed by atoms with E-state index in [1.165, 1.54) is 38.5 Å². The zero-order valence-electron chi connectivity index (χ0n) is 54.8. The van der Waals surface area contributed by atoms with E-state index in [1.807, 2.05) is 91.8 Å². The number of piperidine rings is 2. The summed E-state index contributed by atoms with van der Waals surface area (Å²) in [4.78, 5) is 117. The number of nitrogens with zero attached hydrogens (tertiary/aromatic N) is 3. The summed E-state index contributed by atoms with van der Waals surface area (Å²) in [6, 6.07) is 16.9. The van der Waals surface area contributed by atoms with Crippen LogP contribution in [0.15, 0.2) is 72.8 Å². The molecule has 4 fully saturated rings. The minimum atomic E-state index is -0.925. The van der Waals surface area contributed by atoms with Gasteiger partial charge in [0.25, 0.3) is 5.69 Å². The van der Waals surface area contributed by atoms with Crippen LogP contribution in [-0.2, 0) is 63.8 Å². The number of likely N-dealkylation sites (tertiary alicyclic amines) is 2. The number of nitro groups is 1. The molecule has 6 aliphatic rings.